The van der Waals surface area contributed by atoms with Crippen molar-refractivity contribution in [3.8, 4) is 0 Å². The van der Waals surface area contributed by atoms with Crippen molar-refractivity contribution in [2.45, 2.75) is 34.6 Å². The highest BCUT2D eigenvalue weighted by Gasteiger charge is 2.20. The SMILES string of the molecule is CCN(CC)C(=S)C(C)(C)C. The molecule has 0 fully saturated rings. The average Bonchev–Trinajstić information content (AvgIpc) is 1.88. The summed E-state index contributed by atoms with van der Waals surface area (Å²) in [4.78, 5) is 3.30. The largest absolute Gasteiger partial charge is 0.366 e. The van der Waals surface area contributed by atoms with E-state index >= 15 is 0 Å². The fraction of sp³-hybridized carbons (Fsp3) is 0.889. The summed E-state index contributed by atoms with van der Waals surface area (Å²) in [6.45, 7) is 12.8. The van der Waals surface area contributed by atoms with Gasteiger partial charge in [-0.1, -0.05) is 33.0 Å². The molecule has 0 aliphatic rings. The quantitative estimate of drug-likeness (QED) is 0.591. The van der Waals surface area contributed by atoms with Gasteiger partial charge in [0.2, 0.25) is 0 Å². The van der Waals surface area contributed by atoms with Crippen molar-refractivity contribution in [1.29, 1.82) is 0 Å². The standard InChI is InChI=1S/C9H19NS/c1-6-10(7-2)8(11)9(3,4)5/h6-7H2,1-5H3. The van der Waals surface area contributed by atoms with Crippen LogP contribution in [0.25, 0.3) is 0 Å². The molecule has 0 unspecified atom stereocenters. The lowest BCUT2D eigenvalue weighted by atomic mass is 9.96. The van der Waals surface area contributed by atoms with E-state index in [2.05, 4.69) is 39.5 Å². The van der Waals surface area contributed by atoms with E-state index in [1.54, 1.807) is 0 Å². The molecule has 0 amide bonds. The summed E-state index contributed by atoms with van der Waals surface area (Å²) < 4.78 is 0. The highest BCUT2D eigenvalue weighted by molar-refractivity contribution is 7.80. The predicted octanol–water partition coefficient (Wildman–Crippen LogP) is 2.70. The molecule has 0 saturated heterocycles. The van der Waals surface area contributed by atoms with Crippen LogP contribution in [0.4, 0.5) is 0 Å². The van der Waals surface area contributed by atoms with Crippen molar-refractivity contribution in [1.82, 2.24) is 4.90 Å². The molecule has 0 bridgehead atoms. The summed E-state index contributed by atoms with van der Waals surface area (Å²) in [5.74, 6) is 0. The normalized spacial score (nSPS) is 11.4. The lowest BCUT2D eigenvalue weighted by molar-refractivity contribution is 0.412. The molecule has 0 aliphatic carbocycles. The second-order valence-electron chi connectivity index (χ2n) is 3.73. The highest BCUT2D eigenvalue weighted by Crippen LogP contribution is 2.18. The van der Waals surface area contributed by atoms with Crippen LogP contribution in [0.3, 0.4) is 0 Å². The number of hydrogen-bond donors (Lipinski definition) is 0. The highest BCUT2D eigenvalue weighted by atomic mass is 32.1. The Kier molecular flexibility index (Phi) is 4.01. The van der Waals surface area contributed by atoms with Gasteiger partial charge < -0.3 is 4.90 Å². The number of rotatable bonds is 2. The summed E-state index contributed by atoms with van der Waals surface area (Å²) in [5, 5.41) is 0. The summed E-state index contributed by atoms with van der Waals surface area (Å²) in [5.41, 5.74) is 0.140. The fourth-order valence-electron chi connectivity index (χ4n) is 0.985. The van der Waals surface area contributed by atoms with Crippen molar-refractivity contribution < 1.29 is 0 Å². The van der Waals surface area contributed by atoms with Crippen LogP contribution in [0.2, 0.25) is 0 Å². The Morgan fingerprint density at radius 3 is 1.64 bits per heavy atom. The monoisotopic (exact) mass is 173 g/mol. The third-order valence-electron chi connectivity index (χ3n) is 1.69. The first-order chi connectivity index (χ1) is 4.93. The van der Waals surface area contributed by atoms with Gasteiger partial charge in [-0.25, -0.2) is 0 Å². The maximum Gasteiger partial charge on any atom is 0.0833 e. The first kappa shape index (κ1) is 10.9. The van der Waals surface area contributed by atoms with Gasteiger partial charge in [0.05, 0.1) is 4.99 Å². The fourth-order valence-corrected chi connectivity index (χ4v) is 1.24. The van der Waals surface area contributed by atoms with Crippen molar-refractivity contribution in [2.24, 2.45) is 5.41 Å². The van der Waals surface area contributed by atoms with Crippen molar-refractivity contribution >= 4 is 17.2 Å². The van der Waals surface area contributed by atoms with Crippen LogP contribution < -0.4 is 0 Å². The minimum absolute atomic E-state index is 0.140. The van der Waals surface area contributed by atoms with Crippen LogP contribution >= 0.6 is 12.2 Å². The Labute approximate surface area is 75.8 Å². The smallest absolute Gasteiger partial charge is 0.0833 e. The zero-order valence-corrected chi connectivity index (χ0v) is 9.09. The maximum atomic E-state index is 5.34. The van der Waals surface area contributed by atoms with Gasteiger partial charge >= 0.3 is 0 Å². The van der Waals surface area contributed by atoms with Crippen LogP contribution in [0, 0.1) is 5.41 Å². The van der Waals surface area contributed by atoms with Gasteiger partial charge in [0.1, 0.15) is 0 Å². The second-order valence-corrected chi connectivity index (χ2v) is 4.11. The zero-order chi connectivity index (χ0) is 9.07. The first-order valence-electron chi connectivity index (χ1n) is 4.22. The predicted molar refractivity (Wildman–Crippen MR) is 55.0 cm³/mol. The van der Waals surface area contributed by atoms with E-state index in [4.69, 9.17) is 12.2 Å². The molecule has 11 heavy (non-hydrogen) atoms. The third kappa shape index (κ3) is 3.19. The van der Waals surface area contributed by atoms with Crippen molar-refractivity contribution in [3.05, 3.63) is 0 Å². The Bertz CT molecular complexity index is 131. The van der Waals surface area contributed by atoms with Crippen LogP contribution in [0.1, 0.15) is 34.6 Å². The summed E-state index contributed by atoms with van der Waals surface area (Å²) >= 11 is 5.34. The summed E-state index contributed by atoms with van der Waals surface area (Å²) in [6.07, 6.45) is 0. The molecule has 0 spiro atoms. The Hall–Kier alpha value is -0.110. The molecule has 0 radical (unpaired) electrons. The second kappa shape index (κ2) is 4.05. The molecular weight excluding hydrogens is 154 g/mol. The van der Waals surface area contributed by atoms with Crippen molar-refractivity contribution in [2.75, 3.05) is 13.1 Å². The minimum atomic E-state index is 0.140. The van der Waals surface area contributed by atoms with Gasteiger partial charge in [0, 0.05) is 18.5 Å². The molecule has 0 N–H and O–H groups in total. The summed E-state index contributed by atoms with van der Waals surface area (Å²) in [6, 6.07) is 0. The van der Waals surface area contributed by atoms with E-state index in [9.17, 15) is 0 Å². The molecule has 0 aromatic rings. The molecule has 0 saturated carbocycles. The van der Waals surface area contributed by atoms with E-state index < -0.39 is 0 Å². The Balaban J connectivity index is 4.22. The molecule has 66 valence electrons. The van der Waals surface area contributed by atoms with Gasteiger partial charge in [0.15, 0.2) is 0 Å². The molecule has 0 heterocycles. The van der Waals surface area contributed by atoms with Gasteiger partial charge in [0.25, 0.3) is 0 Å². The van der Waals surface area contributed by atoms with Crippen LogP contribution in [-0.2, 0) is 0 Å². The molecule has 2 heteroatoms. The molecule has 0 rings (SSSR count). The van der Waals surface area contributed by atoms with Crippen LogP contribution in [0.15, 0.2) is 0 Å². The van der Waals surface area contributed by atoms with E-state index in [0.717, 1.165) is 18.1 Å². The summed E-state index contributed by atoms with van der Waals surface area (Å²) in [7, 11) is 0. The van der Waals surface area contributed by atoms with Gasteiger partial charge in [-0.3, -0.25) is 0 Å². The van der Waals surface area contributed by atoms with Crippen LogP contribution in [-0.4, -0.2) is 23.0 Å². The van der Waals surface area contributed by atoms with Crippen molar-refractivity contribution in [3.63, 3.8) is 0 Å². The van der Waals surface area contributed by atoms with Crippen LogP contribution in [0.5, 0.6) is 0 Å². The maximum absolute atomic E-state index is 5.34. The van der Waals surface area contributed by atoms with E-state index in [0.29, 0.717) is 0 Å². The first-order valence-corrected chi connectivity index (χ1v) is 4.63. The van der Waals surface area contributed by atoms with E-state index in [-0.39, 0.29) is 5.41 Å². The molecule has 1 nitrogen and oxygen atoms in total. The molecule has 0 aromatic heterocycles. The zero-order valence-electron chi connectivity index (χ0n) is 8.27. The number of thiocarbonyl (C=S) groups is 1. The van der Waals surface area contributed by atoms with E-state index in [1.165, 1.54) is 0 Å². The minimum Gasteiger partial charge on any atom is -0.366 e. The molecule has 0 atom stereocenters. The third-order valence-corrected chi connectivity index (χ3v) is 2.56. The lowest BCUT2D eigenvalue weighted by Gasteiger charge is -2.30. The average molecular weight is 173 g/mol. The Morgan fingerprint density at radius 1 is 1.18 bits per heavy atom. The number of nitrogens with zero attached hydrogens (tertiary/aromatic N) is 1. The topological polar surface area (TPSA) is 3.24 Å². The van der Waals surface area contributed by atoms with E-state index in [1.807, 2.05) is 0 Å². The van der Waals surface area contributed by atoms with Gasteiger partial charge in [-0.2, -0.15) is 0 Å². The van der Waals surface area contributed by atoms with Gasteiger partial charge in [-0.05, 0) is 13.8 Å². The molecule has 0 aromatic carbocycles. The Morgan fingerprint density at radius 2 is 1.55 bits per heavy atom. The lowest BCUT2D eigenvalue weighted by Crippen LogP contribution is -2.37. The van der Waals surface area contributed by atoms with Gasteiger partial charge in [-0.15, -0.1) is 0 Å². The molecular formula is C9H19NS. The molecule has 0 aliphatic heterocycles. The number of hydrogen-bond acceptors (Lipinski definition) is 1.